The van der Waals surface area contributed by atoms with Crippen LogP contribution < -0.4 is 5.32 Å². The van der Waals surface area contributed by atoms with E-state index in [4.69, 9.17) is 0 Å². The zero-order valence-electron chi connectivity index (χ0n) is 12.8. The van der Waals surface area contributed by atoms with Gasteiger partial charge in [-0.05, 0) is 39.2 Å². The second kappa shape index (κ2) is 5.81. The first-order valence-corrected chi connectivity index (χ1v) is 8.28. The van der Waals surface area contributed by atoms with Crippen LogP contribution in [0.1, 0.15) is 27.2 Å². The van der Waals surface area contributed by atoms with Crippen molar-refractivity contribution in [3.63, 3.8) is 0 Å². The van der Waals surface area contributed by atoms with Crippen molar-refractivity contribution < 1.29 is 4.79 Å². The third kappa shape index (κ3) is 2.93. The summed E-state index contributed by atoms with van der Waals surface area (Å²) in [6.45, 7) is 6.97. The van der Waals surface area contributed by atoms with Crippen molar-refractivity contribution in [2.75, 3.05) is 12.3 Å². The predicted octanol–water partition coefficient (Wildman–Crippen LogP) is 3.01. The van der Waals surface area contributed by atoms with Crippen LogP contribution in [0.5, 0.6) is 0 Å². The van der Waals surface area contributed by atoms with Gasteiger partial charge in [0.1, 0.15) is 0 Å². The molecule has 3 rings (SSSR count). The molecule has 3 unspecified atom stereocenters. The van der Waals surface area contributed by atoms with Crippen LogP contribution >= 0.6 is 24.2 Å². The lowest BCUT2D eigenvalue weighted by molar-refractivity contribution is -0.127. The van der Waals surface area contributed by atoms with Gasteiger partial charge in [0.2, 0.25) is 5.91 Å². The van der Waals surface area contributed by atoms with E-state index in [1.54, 1.807) is 0 Å². The molecule has 5 heteroatoms. The van der Waals surface area contributed by atoms with E-state index in [9.17, 15) is 4.79 Å². The van der Waals surface area contributed by atoms with Crippen LogP contribution in [-0.2, 0) is 4.79 Å². The van der Waals surface area contributed by atoms with Gasteiger partial charge in [-0.25, -0.2) is 0 Å². The van der Waals surface area contributed by atoms with Gasteiger partial charge in [-0.15, -0.1) is 24.2 Å². The molecule has 1 fully saturated rings. The van der Waals surface area contributed by atoms with Crippen molar-refractivity contribution >= 4 is 35.8 Å². The fraction of sp³-hybridized carbons (Fsp3) is 0.625. The number of allylic oxidation sites excluding steroid dienone is 3. The topological polar surface area (TPSA) is 41.5 Å². The molecule has 0 saturated carbocycles. The maximum Gasteiger partial charge on any atom is 0.224 e. The molecule has 1 spiro atoms. The van der Waals surface area contributed by atoms with E-state index in [0.29, 0.717) is 5.92 Å². The fourth-order valence-electron chi connectivity index (χ4n) is 3.38. The quantitative estimate of drug-likeness (QED) is 0.804. The molecule has 0 bridgehead atoms. The number of aliphatic imine (C=N–C) groups is 1. The lowest BCUT2D eigenvalue weighted by Crippen LogP contribution is -2.49. The lowest BCUT2D eigenvalue weighted by atomic mass is 9.74. The molecule has 1 saturated heterocycles. The van der Waals surface area contributed by atoms with Gasteiger partial charge in [0.25, 0.3) is 0 Å². The molecule has 1 aliphatic carbocycles. The minimum Gasteiger partial charge on any atom is -0.351 e. The summed E-state index contributed by atoms with van der Waals surface area (Å²) in [5.74, 6) is 1.57. The maximum absolute atomic E-state index is 12.6. The Morgan fingerprint density at radius 3 is 2.90 bits per heavy atom. The van der Waals surface area contributed by atoms with Crippen LogP contribution in [0.15, 0.2) is 29.3 Å². The molecule has 3 atom stereocenters. The summed E-state index contributed by atoms with van der Waals surface area (Å²) in [4.78, 5) is 17.3. The highest BCUT2D eigenvalue weighted by atomic mass is 35.5. The summed E-state index contributed by atoms with van der Waals surface area (Å²) >= 11 is 1.89. The normalized spacial score (nSPS) is 33.6. The van der Waals surface area contributed by atoms with E-state index in [2.05, 4.69) is 34.6 Å². The first-order chi connectivity index (χ1) is 9.42. The number of carbonyl (C=O) groups is 1. The van der Waals surface area contributed by atoms with Crippen molar-refractivity contribution in [3.05, 3.63) is 24.3 Å². The zero-order chi connectivity index (χ0) is 14.4. The van der Waals surface area contributed by atoms with Gasteiger partial charge in [0.15, 0.2) is 0 Å². The summed E-state index contributed by atoms with van der Waals surface area (Å²) in [7, 11) is 0. The van der Waals surface area contributed by atoms with E-state index < -0.39 is 0 Å². The van der Waals surface area contributed by atoms with Crippen LogP contribution in [0.25, 0.3) is 0 Å². The van der Waals surface area contributed by atoms with E-state index in [1.807, 2.05) is 32.5 Å². The molecule has 1 N–H and O–H groups in total. The molecule has 2 aliphatic heterocycles. The smallest absolute Gasteiger partial charge is 0.224 e. The molecule has 1 amide bonds. The number of nitrogens with zero attached hydrogens (tertiary/aromatic N) is 1. The predicted molar refractivity (Wildman–Crippen MR) is 92.5 cm³/mol. The number of rotatable bonds is 1. The Morgan fingerprint density at radius 1 is 1.43 bits per heavy atom. The lowest BCUT2D eigenvalue weighted by Gasteiger charge is -2.38. The second-order valence-electron chi connectivity index (χ2n) is 6.83. The van der Waals surface area contributed by atoms with Crippen molar-refractivity contribution in [2.24, 2.45) is 16.8 Å². The number of carbonyl (C=O) groups excluding carboxylic acids is 1. The third-order valence-electron chi connectivity index (χ3n) is 4.20. The molecule has 0 aromatic rings. The Morgan fingerprint density at radius 2 is 2.19 bits per heavy atom. The minimum absolute atomic E-state index is 0. The van der Waals surface area contributed by atoms with Gasteiger partial charge in [-0.3, -0.25) is 9.79 Å². The van der Waals surface area contributed by atoms with Gasteiger partial charge in [0.05, 0.1) is 16.4 Å². The molecular formula is C16H23ClN2OS. The van der Waals surface area contributed by atoms with Gasteiger partial charge in [-0.2, -0.15) is 0 Å². The van der Waals surface area contributed by atoms with Crippen LogP contribution in [-0.4, -0.2) is 34.2 Å². The average molecular weight is 327 g/mol. The number of amides is 1. The Hall–Kier alpha value is -0.740. The van der Waals surface area contributed by atoms with Gasteiger partial charge < -0.3 is 5.32 Å². The zero-order valence-corrected chi connectivity index (χ0v) is 14.4. The SMILES string of the molecule is CC(C)(C)NC(=O)C1CSC23C=CC=CC2=NCCC13.Cl. The van der Waals surface area contributed by atoms with Crippen molar-refractivity contribution in [2.45, 2.75) is 37.5 Å². The molecule has 3 nitrogen and oxygen atoms in total. The second-order valence-corrected chi connectivity index (χ2v) is 8.13. The van der Waals surface area contributed by atoms with Crippen LogP contribution in [0.2, 0.25) is 0 Å². The molecule has 3 aliphatic rings. The van der Waals surface area contributed by atoms with E-state index in [0.717, 1.165) is 24.4 Å². The molecule has 0 radical (unpaired) electrons. The summed E-state index contributed by atoms with van der Waals surface area (Å²) in [6, 6.07) is 0. The Labute approximate surface area is 137 Å². The van der Waals surface area contributed by atoms with E-state index >= 15 is 0 Å². The number of halogens is 1. The van der Waals surface area contributed by atoms with E-state index in [1.165, 1.54) is 0 Å². The van der Waals surface area contributed by atoms with Crippen LogP contribution in [0.3, 0.4) is 0 Å². The minimum atomic E-state index is -0.161. The molecular weight excluding hydrogens is 304 g/mol. The van der Waals surface area contributed by atoms with Crippen molar-refractivity contribution in [1.82, 2.24) is 5.32 Å². The molecule has 2 heterocycles. The number of hydrogen-bond acceptors (Lipinski definition) is 3. The Bertz CT molecular complexity index is 521. The molecule has 0 aromatic heterocycles. The number of nitrogens with one attached hydrogen (secondary N) is 1. The molecule has 0 aromatic carbocycles. The highest BCUT2D eigenvalue weighted by molar-refractivity contribution is 8.02. The third-order valence-corrected chi connectivity index (χ3v) is 5.86. The van der Waals surface area contributed by atoms with Crippen molar-refractivity contribution in [1.29, 1.82) is 0 Å². The van der Waals surface area contributed by atoms with Crippen molar-refractivity contribution in [3.8, 4) is 0 Å². The number of thioether (sulfide) groups is 1. The standard InChI is InChI=1S/C16H22N2OS.ClH/c1-15(2,3)18-14(19)11-10-20-16-8-5-4-6-13(16)17-9-7-12(11)16;/h4-6,8,11-12H,7,9-10H2,1-3H3,(H,18,19);1H. The highest BCUT2D eigenvalue weighted by Gasteiger charge is 2.54. The molecule has 21 heavy (non-hydrogen) atoms. The number of hydrogen-bond donors (Lipinski definition) is 1. The van der Waals surface area contributed by atoms with Crippen LogP contribution in [0, 0.1) is 11.8 Å². The Kier molecular flexibility index (Phi) is 4.60. The van der Waals surface area contributed by atoms with Gasteiger partial charge in [0, 0.05) is 17.8 Å². The first kappa shape index (κ1) is 16.6. The maximum atomic E-state index is 12.6. The highest BCUT2D eigenvalue weighted by Crippen LogP contribution is 2.52. The summed E-state index contributed by atoms with van der Waals surface area (Å²) in [5.41, 5.74) is 0.998. The first-order valence-electron chi connectivity index (χ1n) is 7.29. The van der Waals surface area contributed by atoms with Gasteiger partial charge >= 0.3 is 0 Å². The average Bonchev–Trinajstić information content (AvgIpc) is 2.74. The summed E-state index contributed by atoms with van der Waals surface area (Å²) < 4.78 is -0.0487. The molecule has 116 valence electrons. The monoisotopic (exact) mass is 326 g/mol. The fourth-order valence-corrected chi connectivity index (χ4v) is 5.17. The Balaban J connectivity index is 0.00000161. The summed E-state index contributed by atoms with van der Waals surface area (Å²) in [5, 5.41) is 3.15. The van der Waals surface area contributed by atoms with E-state index in [-0.39, 0.29) is 34.5 Å². The van der Waals surface area contributed by atoms with Gasteiger partial charge in [-0.1, -0.05) is 18.2 Å². The van der Waals surface area contributed by atoms with Crippen LogP contribution in [0.4, 0.5) is 0 Å². The largest absolute Gasteiger partial charge is 0.351 e. The summed E-state index contributed by atoms with van der Waals surface area (Å²) in [6.07, 6.45) is 9.54.